The van der Waals surface area contributed by atoms with Gasteiger partial charge < -0.3 is 10.5 Å². The Morgan fingerprint density at radius 3 is 2.88 bits per heavy atom. The smallest absolute Gasteiger partial charge is 0.269 e. The SMILES string of the molecule is CN1Cc2cc(C(N)=O)nn2CC2(COC2)C1. The van der Waals surface area contributed by atoms with Crippen LogP contribution >= 0.6 is 0 Å². The monoisotopic (exact) mass is 236 g/mol. The lowest BCUT2D eigenvalue weighted by atomic mass is 9.85. The summed E-state index contributed by atoms with van der Waals surface area (Å²) in [6.45, 7) is 4.13. The molecule has 6 heteroatoms. The van der Waals surface area contributed by atoms with Crippen LogP contribution in [0.5, 0.6) is 0 Å². The average molecular weight is 236 g/mol. The number of primary amides is 1. The van der Waals surface area contributed by atoms with Gasteiger partial charge in [0.05, 0.1) is 25.5 Å². The molecule has 6 nitrogen and oxygen atoms in total. The molecule has 0 bridgehead atoms. The number of amides is 1. The standard InChI is InChI=1S/C11H16N4O2/c1-14-3-8-2-9(10(12)16)13-15(8)5-11(4-14)6-17-7-11/h2H,3-7H2,1H3,(H2,12,16). The molecule has 0 aliphatic carbocycles. The van der Waals surface area contributed by atoms with Gasteiger partial charge in [0.15, 0.2) is 0 Å². The van der Waals surface area contributed by atoms with E-state index < -0.39 is 5.91 Å². The molecule has 92 valence electrons. The molecule has 0 saturated carbocycles. The Balaban J connectivity index is 1.96. The molecule has 1 aromatic heterocycles. The second kappa shape index (κ2) is 3.54. The second-order valence-corrected chi connectivity index (χ2v) is 5.21. The van der Waals surface area contributed by atoms with Gasteiger partial charge in [-0.3, -0.25) is 14.4 Å². The van der Waals surface area contributed by atoms with Gasteiger partial charge in [-0.2, -0.15) is 5.10 Å². The summed E-state index contributed by atoms with van der Waals surface area (Å²) >= 11 is 0. The molecule has 1 aromatic rings. The van der Waals surface area contributed by atoms with Gasteiger partial charge in [-0.05, 0) is 13.1 Å². The predicted octanol–water partition coefficient (Wildman–Crippen LogP) is -0.556. The second-order valence-electron chi connectivity index (χ2n) is 5.21. The third kappa shape index (κ3) is 1.73. The topological polar surface area (TPSA) is 73.4 Å². The fourth-order valence-corrected chi connectivity index (χ4v) is 2.69. The van der Waals surface area contributed by atoms with Gasteiger partial charge >= 0.3 is 0 Å². The minimum absolute atomic E-state index is 0.154. The molecular weight excluding hydrogens is 220 g/mol. The van der Waals surface area contributed by atoms with Gasteiger partial charge in [0, 0.05) is 18.5 Å². The van der Waals surface area contributed by atoms with Crippen molar-refractivity contribution in [2.75, 3.05) is 26.8 Å². The van der Waals surface area contributed by atoms with Crippen LogP contribution in [0, 0.1) is 5.41 Å². The van der Waals surface area contributed by atoms with Gasteiger partial charge in [-0.25, -0.2) is 0 Å². The Hall–Kier alpha value is -1.40. The molecule has 0 unspecified atom stereocenters. The van der Waals surface area contributed by atoms with E-state index in [0.717, 1.165) is 38.5 Å². The average Bonchev–Trinajstić information content (AvgIpc) is 2.52. The molecule has 0 aromatic carbocycles. The van der Waals surface area contributed by atoms with Crippen LogP contribution in [0.3, 0.4) is 0 Å². The van der Waals surface area contributed by atoms with Crippen LogP contribution < -0.4 is 5.73 Å². The molecule has 2 aliphatic heterocycles. The zero-order valence-corrected chi connectivity index (χ0v) is 9.85. The first-order valence-corrected chi connectivity index (χ1v) is 5.71. The van der Waals surface area contributed by atoms with Crippen molar-refractivity contribution in [3.05, 3.63) is 17.5 Å². The summed E-state index contributed by atoms with van der Waals surface area (Å²) < 4.78 is 7.24. The third-order valence-corrected chi connectivity index (χ3v) is 3.45. The summed E-state index contributed by atoms with van der Waals surface area (Å²) in [6.07, 6.45) is 0. The number of ether oxygens (including phenoxy) is 1. The molecule has 1 fully saturated rings. The van der Waals surface area contributed by atoms with E-state index in [0.29, 0.717) is 5.69 Å². The molecule has 17 heavy (non-hydrogen) atoms. The first-order valence-electron chi connectivity index (χ1n) is 5.71. The minimum Gasteiger partial charge on any atom is -0.380 e. The van der Waals surface area contributed by atoms with Crippen LogP contribution in [-0.2, 0) is 17.8 Å². The van der Waals surface area contributed by atoms with Crippen LogP contribution in [0.25, 0.3) is 0 Å². The van der Waals surface area contributed by atoms with E-state index in [1.54, 1.807) is 6.07 Å². The Bertz CT molecular complexity index is 464. The van der Waals surface area contributed by atoms with E-state index in [4.69, 9.17) is 10.5 Å². The van der Waals surface area contributed by atoms with Crippen molar-refractivity contribution in [1.82, 2.24) is 14.7 Å². The van der Waals surface area contributed by atoms with Gasteiger partial charge in [0.25, 0.3) is 5.91 Å². The van der Waals surface area contributed by atoms with Gasteiger partial charge in [-0.1, -0.05) is 0 Å². The number of carbonyl (C=O) groups is 1. The predicted molar refractivity (Wildman–Crippen MR) is 60.3 cm³/mol. The fourth-order valence-electron chi connectivity index (χ4n) is 2.69. The van der Waals surface area contributed by atoms with Gasteiger partial charge in [0.1, 0.15) is 5.69 Å². The molecule has 0 radical (unpaired) electrons. The summed E-state index contributed by atoms with van der Waals surface area (Å²) in [7, 11) is 2.08. The van der Waals surface area contributed by atoms with Crippen molar-refractivity contribution >= 4 is 5.91 Å². The Kier molecular flexibility index (Phi) is 2.24. The maximum atomic E-state index is 11.1. The molecule has 1 amide bonds. The quantitative estimate of drug-likeness (QED) is 0.709. The fraction of sp³-hybridized carbons (Fsp3) is 0.636. The summed E-state index contributed by atoms with van der Waals surface area (Å²) in [4.78, 5) is 13.4. The van der Waals surface area contributed by atoms with Crippen LogP contribution in [0.4, 0.5) is 0 Å². The van der Waals surface area contributed by atoms with Crippen molar-refractivity contribution in [3.63, 3.8) is 0 Å². The molecule has 1 spiro atoms. The normalized spacial score (nSPS) is 22.9. The third-order valence-electron chi connectivity index (χ3n) is 3.45. The van der Waals surface area contributed by atoms with Crippen molar-refractivity contribution < 1.29 is 9.53 Å². The largest absolute Gasteiger partial charge is 0.380 e. The lowest BCUT2D eigenvalue weighted by Crippen LogP contribution is -2.51. The van der Waals surface area contributed by atoms with Crippen LogP contribution in [0.1, 0.15) is 16.2 Å². The van der Waals surface area contributed by atoms with E-state index in [9.17, 15) is 4.79 Å². The summed E-state index contributed by atoms with van der Waals surface area (Å²) in [5.74, 6) is -0.466. The first kappa shape index (κ1) is 10.7. The molecule has 2 aliphatic rings. The summed E-state index contributed by atoms with van der Waals surface area (Å²) in [6, 6.07) is 1.79. The molecule has 0 atom stereocenters. The highest BCUT2D eigenvalue weighted by Gasteiger charge is 2.42. The highest BCUT2D eigenvalue weighted by atomic mass is 16.5. The Morgan fingerprint density at radius 2 is 2.29 bits per heavy atom. The Morgan fingerprint density at radius 1 is 1.53 bits per heavy atom. The maximum Gasteiger partial charge on any atom is 0.269 e. The number of fused-ring (bicyclic) bond motifs is 1. The number of rotatable bonds is 1. The van der Waals surface area contributed by atoms with Crippen molar-refractivity contribution in [2.24, 2.45) is 11.1 Å². The number of nitrogens with two attached hydrogens (primary N) is 1. The number of nitrogens with zero attached hydrogens (tertiary/aromatic N) is 3. The zero-order valence-electron chi connectivity index (χ0n) is 9.85. The summed E-state index contributed by atoms with van der Waals surface area (Å²) in [5.41, 5.74) is 6.81. The molecular formula is C11H16N4O2. The molecule has 2 N–H and O–H groups in total. The number of carbonyl (C=O) groups excluding carboxylic acids is 1. The molecule has 3 heterocycles. The molecule has 3 rings (SSSR count). The molecule has 1 saturated heterocycles. The van der Waals surface area contributed by atoms with Crippen LogP contribution in [0.15, 0.2) is 6.07 Å². The minimum atomic E-state index is -0.466. The van der Waals surface area contributed by atoms with Crippen molar-refractivity contribution in [2.45, 2.75) is 13.1 Å². The van der Waals surface area contributed by atoms with Gasteiger partial charge in [0.2, 0.25) is 0 Å². The van der Waals surface area contributed by atoms with E-state index in [2.05, 4.69) is 17.0 Å². The van der Waals surface area contributed by atoms with Gasteiger partial charge in [-0.15, -0.1) is 0 Å². The van der Waals surface area contributed by atoms with E-state index in [1.165, 1.54) is 0 Å². The number of hydrogen-bond donors (Lipinski definition) is 1. The highest BCUT2D eigenvalue weighted by Crippen LogP contribution is 2.33. The van der Waals surface area contributed by atoms with E-state index in [1.807, 2.05) is 4.68 Å². The zero-order chi connectivity index (χ0) is 12.0. The first-order chi connectivity index (χ1) is 8.08. The number of hydrogen-bond acceptors (Lipinski definition) is 4. The van der Waals surface area contributed by atoms with Crippen molar-refractivity contribution in [3.8, 4) is 0 Å². The number of aromatic nitrogens is 2. The van der Waals surface area contributed by atoms with Crippen LogP contribution in [-0.4, -0.2) is 47.4 Å². The lowest BCUT2D eigenvalue weighted by Gasteiger charge is -2.42. The van der Waals surface area contributed by atoms with Crippen LogP contribution in [0.2, 0.25) is 0 Å². The van der Waals surface area contributed by atoms with E-state index in [-0.39, 0.29) is 5.41 Å². The lowest BCUT2D eigenvalue weighted by molar-refractivity contribution is -0.130. The highest BCUT2D eigenvalue weighted by molar-refractivity contribution is 5.90. The van der Waals surface area contributed by atoms with Crippen molar-refractivity contribution in [1.29, 1.82) is 0 Å². The maximum absolute atomic E-state index is 11.1. The summed E-state index contributed by atoms with van der Waals surface area (Å²) in [5, 5.41) is 4.28. The van der Waals surface area contributed by atoms with E-state index >= 15 is 0 Å². The Labute approximate surface area is 99.3 Å².